The summed E-state index contributed by atoms with van der Waals surface area (Å²) in [7, 11) is 2.87. The first kappa shape index (κ1) is 21.1. The van der Waals surface area contributed by atoms with Crippen molar-refractivity contribution in [3.05, 3.63) is 69.9 Å². The van der Waals surface area contributed by atoms with Crippen molar-refractivity contribution in [3.63, 3.8) is 0 Å². The maximum atomic E-state index is 12.0. The maximum absolute atomic E-state index is 12.0. The molecule has 0 aliphatic rings. The van der Waals surface area contributed by atoms with Crippen LogP contribution >= 0.6 is 15.9 Å². The zero-order valence-corrected chi connectivity index (χ0v) is 16.8. The highest BCUT2D eigenvalue weighted by Crippen LogP contribution is 2.35. The molecule has 3 N–H and O–H groups in total. The van der Waals surface area contributed by atoms with E-state index in [1.807, 2.05) is 0 Å². The summed E-state index contributed by atoms with van der Waals surface area (Å²) in [4.78, 5) is 12.0. The molecule has 28 heavy (non-hydrogen) atoms. The molecular formula is C21H19BrO6. The number of aliphatic hydroxyl groups is 1. The van der Waals surface area contributed by atoms with Gasteiger partial charge in [-0.25, -0.2) is 0 Å². The molecule has 0 bridgehead atoms. The number of hydrogen-bond acceptors (Lipinski definition) is 6. The Morgan fingerprint density at radius 1 is 0.964 bits per heavy atom. The van der Waals surface area contributed by atoms with Crippen LogP contribution in [0, 0.1) is 0 Å². The minimum atomic E-state index is -0.418. The first-order valence-electron chi connectivity index (χ1n) is 8.08. The van der Waals surface area contributed by atoms with Gasteiger partial charge in [-0.3, -0.25) is 4.79 Å². The van der Waals surface area contributed by atoms with Gasteiger partial charge in [0, 0.05) is 6.08 Å². The molecule has 7 heteroatoms. The first-order valence-corrected chi connectivity index (χ1v) is 8.87. The molecule has 0 fully saturated rings. The van der Waals surface area contributed by atoms with Gasteiger partial charge in [-0.05, 0) is 63.5 Å². The molecular weight excluding hydrogens is 428 g/mol. The van der Waals surface area contributed by atoms with E-state index in [0.29, 0.717) is 21.3 Å². The third-order valence-electron chi connectivity index (χ3n) is 3.65. The monoisotopic (exact) mass is 446 g/mol. The van der Waals surface area contributed by atoms with E-state index in [2.05, 4.69) is 15.9 Å². The van der Waals surface area contributed by atoms with Crippen molar-refractivity contribution < 1.29 is 29.6 Å². The zero-order chi connectivity index (χ0) is 20.7. The molecule has 0 radical (unpaired) electrons. The average Bonchev–Trinajstić information content (AvgIpc) is 2.68. The molecule has 0 amide bonds. The van der Waals surface area contributed by atoms with Crippen LogP contribution in [0.3, 0.4) is 0 Å². The van der Waals surface area contributed by atoms with E-state index in [9.17, 15) is 20.1 Å². The highest BCUT2D eigenvalue weighted by atomic mass is 79.9. The van der Waals surface area contributed by atoms with E-state index < -0.39 is 5.78 Å². The van der Waals surface area contributed by atoms with Crippen LogP contribution in [0.4, 0.5) is 0 Å². The zero-order valence-electron chi connectivity index (χ0n) is 15.2. The van der Waals surface area contributed by atoms with E-state index in [1.54, 1.807) is 36.4 Å². The van der Waals surface area contributed by atoms with Gasteiger partial charge in [0.25, 0.3) is 0 Å². The summed E-state index contributed by atoms with van der Waals surface area (Å²) >= 11 is 3.21. The largest absolute Gasteiger partial charge is 0.508 e. The van der Waals surface area contributed by atoms with Crippen LogP contribution in [-0.2, 0) is 4.79 Å². The highest BCUT2D eigenvalue weighted by molar-refractivity contribution is 9.10. The molecule has 0 spiro atoms. The van der Waals surface area contributed by atoms with Crippen molar-refractivity contribution in [1.82, 2.24) is 0 Å². The lowest BCUT2D eigenvalue weighted by Gasteiger charge is -2.06. The predicted octanol–water partition coefficient (Wildman–Crippen LogP) is 4.62. The number of carbonyl (C=O) groups excluding carboxylic acids is 1. The molecule has 0 atom stereocenters. The standard InChI is InChI=1S/C21H19BrO6/c1-27-19-10-13(5-8-18(19)25)3-6-15(23)12-16(24)7-4-14-9-17(22)21(26)20(11-14)28-2/h3-12,24-26H,1-2H3/b6-3+,7-4+,16-12-. The van der Waals surface area contributed by atoms with Gasteiger partial charge in [0.1, 0.15) is 5.76 Å². The molecule has 0 aromatic heterocycles. The number of phenolic OH excluding ortho intramolecular Hbond substituents is 2. The van der Waals surface area contributed by atoms with Gasteiger partial charge in [-0.15, -0.1) is 0 Å². The lowest BCUT2D eigenvalue weighted by molar-refractivity contribution is -0.110. The quantitative estimate of drug-likeness (QED) is 0.326. The summed E-state index contributed by atoms with van der Waals surface area (Å²) in [5, 5.41) is 29.3. The number of halogens is 1. The van der Waals surface area contributed by atoms with Gasteiger partial charge in [0.15, 0.2) is 28.8 Å². The number of aliphatic hydroxyl groups excluding tert-OH is 1. The summed E-state index contributed by atoms with van der Waals surface area (Å²) < 4.78 is 10.5. The molecule has 6 nitrogen and oxygen atoms in total. The fraction of sp³-hybridized carbons (Fsp3) is 0.0952. The Hall–Kier alpha value is -3.19. The number of benzene rings is 2. The van der Waals surface area contributed by atoms with Crippen LogP contribution in [0.25, 0.3) is 12.2 Å². The van der Waals surface area contributed by atoms with Crippen LogP contribution in [-0.4, -0.2) is 35.3 Å². The van der Waals surface area contributed by atoms with Crippen LogP contribution in [0.1, 0.15) is 11.1 Å². The van der Waals surface area contributed by atoms with Gasteiger partial charge in [0.2, 0.25) is 0 Å². The summed E-state index contributed by atoms with van der Waals surface area (Å²) in [5.74, 6) is -0.0938. The number of aromatic hydroxyl groups is 2. The number of rotatable bonds is 7. The summed E-state index contributed by atoms with van der Waals surface area (Å²) in [6.45, 7) is 0. The van der Waals surface area contributed by atoms with Crippen LogP contribution in [0.15, 0.2) is 58.8 Å². The maximum Gasteiger partial charge on any atom is 0.182 e. The second-order valence-corrected chi connectivity index (χ2v) is 6.48. The Morgan fingerprint density at radius 3 is 2.29 bits per heavy atom. The number of allylic oxidation sites excluding steroid dienone is 3. The molecule has 0 aliphatic heterocycles. The Bertz CT molecular complexity index is 960. The molecule has 0 saturated carbocycles. The van der Waals surface area contributed by atoms with Crippen LogP contribution < -0.4 is 9.47 Å². The second kappa shape index (κ2) is 9.66. The van der Waals surface area contributed by atoms with E-state index in [1.165, 1.54) is 32.4 Å². The van der Waals surface area contributed by atoms with Gasteiger partial charge in [-0.2, -0.15) is 0 Å². The van der Waals surface area contributed by atoms with Gasteiger partial charge < -0.3 is 24.8 Å². The van der Waals surface area contributed by atoms with Crippen molar-refractivity contribution in [2.75, 3.05) is 14.2 Å². The Labute approximate surface area is 170 Å². The number of methoxy groups -OCH3 is 2. The number of ether oxygens (including phenoxy) is 2. The lowest BCUT2D eigenvalue weighted by atomic mass is 10.1. The van der Waals surface area contributed by atoms with Gasteiger partial charge >= 0.3 is 0 Å². The van der Waals surface area contributed by atoms with Crippen LogP contribution in [0.5, 0.6) is 23.0 Å². The molecule has 2 rings (SSSR count). The van der Waals surface area contributed by atoms with Crippen molar-refractivity contribution in [2.24, 2.45) is 0 Å². The van der Waals surface area contributed by atoms with Crippen molar-refractivity contribution >= 4 is 33.9 Å². The predicted molar refractivity (Wildman–Crippen MR) is 111 cm³/mol. The van der Waals surface area contributed by atoms with E-state index >= 15 is 0 Å². The van der Waals surface area contributed by atoms with Gasteiger partial charge in [-0.1, -0.05) is 18.2 Å². The summed E-state index contributed by atoms with van der Waals surface area (Å²) in [6, 6.07) is 7.90. The molecule has 2 aromatic carbocycles. The Morgan fingerprint density at radius 2 is 1.61 bits per heavy atom. The Kier molecular flexibility index (Phi) is 7.28. The third-order valence-corrected chi connectivity index (χ3v) is 4.26. The third kappa shape index (κ3) is 5.65. The summed E-state index contributed by atoms with van der Waals surface area (Å²) in [5.41, 5.74) is 1.31. The molecule has 0 heterocycles. The molecule has 0 aliphatic carbocycles. The number of carbonyl (C=O) groups is 1. The first-order chi connectivity index (χ1) is 13.3. The molecule has 0 unspecified atom stereocenters. The van der Waals surface area contributed by atoms with Crippen molar-refractivity contribution in [1.29, 1.82) is 0 Å². The smallest absolute Gasteiger partial charge is 0.182 e. The van der Waals surface area contributed by atoms with Crippen molar-refractivity contribution in [2.45, 2.75) is 0 Å². The normalized spacial score (nSPS) is 11.9. The molecule has 146 valence electrons. The van der Waals surface area contributed by atoms with E-state index in [0.717, 1.165) is 6.08 Å². The summed E-state index contributed by atoms with van der Waals surface area (Å²) in [6.07, 6.45) is 6.82. The van der Waals surface area contributed by atoms with Gasteiger partial charge in [0.05, 0.1) is 18.7 Å². The number of ketones is 1. The highest BCUT2D eigenvalue weighted by Gasteiger charge is 2.07. The minimum absolute atomic E-state index is 0.00570. The lowest BCUT2D eigenvalue weighted by Crippen LogP contribution is -1.89. The van der Waals surface area contributed by atoms with E-state index in [-0.39, 0.29) is 23.0 Å². The molecule has 2 aromatic rings. The van der Waals surface area contributed by atoms with E-state index in [4.69, 9.17) is 9.47 Å². The average molecular weight is 447 g/mol. The fourth-order valence-electron chi connectivity index (χ4n) is 2.25. The second-order valence-electron chi connectivity index (χ2n) is 5.62. The van der Waals surface area contributed by atoms with Crippen molar-refractivity contribution in [3.8, 4) is 23.0 Å². The Balaban J connectivity index is 2.09. The molecule has 0 saturated heterocycles. The number of phenols is 2. The number of hydrogen-bond donors (Lipinski definition) is 3. The minimum Gasteiger partial charge on any atom is -0.508 e. The van der Waals surface area contributed by atoms with Crippen LogP contribution in [0.2, 0.25) is 0 Å². The topological polar surface area (TPSA) is 96.2 Å². The SMILES string of the molecule is COc1cc(/C=C/C(=O)/C=C(O)/C=C/c2cc(Br)c(O)c(OC)c2)ccc1O. The fourth-order valence-corrected chi connectivity index (χ4v) is 2.71.